The molecule has 0 fully saturated rings. The zero-order valence-electron chi connectivity index (χ0n) is 10.3. The van der Waals surface area contributed by atoms with Gasteiger partial charge in [0.25, 0.3) is 5.91 Å². The number of nitrogens with two attached hydrogens (primary N) is 1. The van der Waals surface area contributed by atoms with Crippen molar-refractivity contribution in [2.24, 2.45) is 5.73 Å². The number of nitrogens with one attached hydrogen (secondary N) is 1. The second kappa shape index (κ2) is 6.02. The summed E-state index contributed by atoms with van der Waals surface area (Å²) >= 11 is 8.15. The molecule has 20 heavy (non-hydrogen) atoms. The topological polar surface area (TPSA) is 75.3 Å². The van der Waals surface area contributed by atoms with Gasteiger partial charge >= 0.3 is 0 Å². The number of carbonyl (C=O) groups excluding carboxylic acids is 1. The van der Waals surface area contributed by atoms with E-state index in [4.69, 9.17) is 18.0 Å². The molecular formula is C14H11BrN2O2S. The molecule has 0 saturated heterocycles. The maximum Gasteiger partial charge on any atom is 0.259 e. The van der Waals surface area contributed by atoms with Gasteiger partial charge in [-0.1, -0.05) is 40.3 Å². The summed E-state index contributed by atoms with van der Waals surface area (Å²) in [6, 6.07) is 11.6. The molecule has 1 amide bonds. The monoisotopic (exact) mass is 350 g/mol. The first kappa shape index (κ1) is 14.5. The molecule has 0 aliphatic heterocycles. The van der Waals surface area contributed by atoms with Crippen molar-refractivity contribution < 1.29 is 9.90 Å². The lowest BCUT2D eigenvalue weighted by Gasteiger charge is -2.10. The number of hydrogen-bond acceptors (Lipinski definition) is 3. The molecule has 0 heterocycles. The molecule has 0 saturated carbocycles. The van der Waals surface area contributed by atoms with Crippen LogP contribution in [-0.4, -0.2) is 16.0 Å². The van der Waals surface area contributed by atoms with E-state index >= 15 is 0 Å². The molecule has 0 spiro atoms. The van der Waals surface area contributed by atoms with E-state index in [9.17, 15) is 9.90 Å². The van der Waals surface area contributed by atoms with Crippen molar-refractivity contribution in [2.75, 3.05) is 5.32 Å². The summed E-state index contributed by atoms with van der Waals surface area (Å²) in [7, 11) is 0. The number of anilines is 1. The Labute approximate surface area is 129 Å². The lowest BCUT2D eigenvalue weighted by Crippen LogP contribution is -2.17. The van der Waals surface area contributed by atoms with Gasteiger partial charge in [-0.2, -0.15) is 0 Å². The highest BCUT2D eigenvalue weighted by Gasteiger charge is 2.13. The van der Waals surface area contributed by atoms with Crippen molar-refractivity contribution in [3.8, 4) is 5.75 Å². The van der Waals surface area contributed by atoms with Crippen LogP contribution in [0.5, 0.6) is 5.75 Å². The van der Waals surface area contributed by atoms with E-state index in [0.29, 0.717) is 15.7 Å². The summed E-state index contributed by atoms with van der Waals surface area (Å²) < 4.78 is 0.690. The first-order chi connectivity index (χ1) is 9.49. The minimum absolute atomic E-state index is 0.107. The van der Waals surface area contributed by atoms with E-state index in [1.165, 1.54) is 12.1 Å². The number of rotatable bonds is 3. The van der Waals surface area contributed by atoms with Gasteiger partial charge in [-0.05, 0) is 30.3 Å². The van der Waals surface area contributed by atoms with Crippen LogP contribution in [0.4, 0.5) is 5.69 Å². The molecular weight excluding hydrogens is 340 g/mol. The Hall–Kier alpha value is -1.92. The van der Waals surface area contributed by atoms with Crippen molar-refractivity contribution in [1.29, 1.82) is 0 Å². The minimum atomic E-state index is -0.432. The van der Waals surface area contributed by atoms with Gasteiger partial charge in [0.1, 0.15) is 10.7 Å². The number of carbonyl (C=O) groups is 1. The van der Waals surface area contributed by atoms with Crippen LogP contribution in [0.2, 0.25) is 0 Å². The summed E-state index contributed by atoms with van der Waals surface area (Å²) in [6.45, 7) is 0. The van der Waals surface area contributed by atoms with Gasteiger partial charge in [-0.15, -0.1) is 0 Å². The molecule has 102 valence electrons. The summed E-state index contributed by atoms with van der Waals surface area (Å²) in [5.41, 5.74) is 6.86. The summed E-state index contributed by atoms with van der Waals surface area (Å²) in [4.78, 5) is 12.3. The average Bonchev–Trinajstić information content (AvgIpc) is 2.38. The lowest BCUT2D eigenvalue weighted by molar-refractivity contribution is 0.102. The Kier molecular flexibility index (Phi) is 4.36. The van der Waals surface area contributed by atoms with E-state index in [2.05, 4.69) is 21.2 Å². The van der Waals surface area contributed by atoms with Crippen LogP contribution in [0.3, 0.4) is 0 Å². The molecule has 0 atom stereocenters. The zero-order valence-corrected chi connectivity index (χ0v) is 12.7. The first-order valence-electron chi connectivity index (χ1n) is 5.67. The van der Waals surface area contributed by atoms with Crippen molar-refractivity contribution in [2.45, 2.75) is 0 Å². The number of aromatic hydroxyl groups is 1. The fourth-order valence-corrected chi connectivity index (χ4v) is 2.22. The van der Waals surface area contributed by atoms with Crippen LogP contribution in [0.25, 0.3) is 0 Å². The third kappa shape index (κ3) is 3.15. The molecule has 6 heteroatoms. The maximum atomic E-state index is 12.2. The van der Waals surface area contributed by atoms with Crippen LogP contribution in [0, 0.1) is 0 Å². The fourth-order valence-electron chi connectivity index (χ4n) is 1.69. The Morgan fingerprint density at radius 2 is 1.90 bits per heavy atom. The SMILES string of the molecule is NC(=S)c1ccccc1NC(=O)c1ccc(Br)cc1O. The van der Waals surface area contributed by atoms with E-state index in [1.807, 2.05) is 0 Å². The van der Waals surface area contributed by atoms with Gasteiger partial charge in [0.05, 0.1) is 11.3 Å². The number of phenolic OH excluding ortho intramolecular Hbond substituents is 1. The third-order valence-corrected chi connectivity index (χ3v) is 3.36. The summed E-state index contributed by atoms with van der Waals surface area (Å²) in [5, 5.41) is 12.5. The maximum absolute atomic E-state index is 12.2. The molecule has 2 rings (SSSR count). The normalized spacial score (nSPS) is 10.1. The third-order valence-electron chi connectivity index (χ3n) is 2.65. The van der Waals surface area contributed by atoms with Crippen LogP contribution >= 0.6 is 28.1 Å². The number of hydrogen-bond donors (Lipinski definition) is 3. The highest BCUT2D eigenvalue weighted by atomic mass is 79.9. The molecule has 0 aliphatic rings. The van der Waals surface area contributed by atoms with Gasteiger partial charge < -0.3 is 16.2 Å². The summed E-state index contributed by atoms with van der Waals surface area (Å²) in [5.74, 6) is -0.539. The largest absolute Gasteiger partial charge is 0.507 e. The Balaban J connectivity index is 2.30. The highest BCUT2D eigenvalue weighted by molar-refractivity contribution is 9.10. The number of para-hydroxylation sites is 1. The molecule has 0 aliphatic carbocycles. The van der Waals surface area contributed by atoms with Gasteiger partial charge in [0.2, 0.25) is 0 Å². The minimum Gasteiger partial charge on any atom is -0.507 e. The van der Waals surface area contributed by atoms with Gasteiger partial charge in [-0.3, -0.25) is 4.79 Å². The van der Waals surface area contributed by atoms with Crippen molar-refractivity contribution in [3.63, 3.8) is 0 Å². The molecule has 0 bridgehead atoms. The molecule has 2 aromatic carbocycles. The van der Waals surface area contributed by atoms with E-state index in [0.717, 1.165) is 0 Å². The molecule has 0 radical (unpaired) electrons. The number of thiocarbonyl (C=S) groups is 1. The predicted octanol–water partition coefficient (Wildman–Crippen LogP) is 3.04. The average molecular weight is 351 g/mol. The van der Waals surface area contributed by atoms with Crippen molar-refractivity contribution in [1.82, 2.24) is 0 Å². The van der Waals surface area contributed by atoms with Gasteiger partial charge in [0, 0.05) is 10.0 Å². The number of halogens is 1. The van der Waals surface area contributed by atoms with Crippen molar-refractivity contribution in [3.05, 3.63) is 58.1 Å². The van der Waals surface area contributed by atoms with Crippen LogP contribution < -0.4 is 11.1 Å². The van der Waals surface area contributed by atoms with Gasteiger partial charge in [0.15, 0.2) is 0 Å². The van der Waals surface area contributed by atoms with E-state index in [1.54, 1.807) is 30.3 Å². The van der Waals surface area contributed by atoms with Crippen LogP contribution in [0.1, 0.15) is 15.9 Å². The Bertz CT molecular complexity index is 689. The van der Waals surface area contributed by atoms with Crippen LogP contribution in [0.15, 0.2) is 46.9 Å². The first-order valence-corrected chi connectivity index (χ1v) is 6.88. The quantitative estimate of drug-likeness (QED) is 0.743. The second-order valence-corrected chi connectivity index (χ2v) is 5.38. The standard InChI is InChI=1S/C14H11BrN2O2S/c15-8-5-6-10(12(18)7-8)14(19)17-11-4-2-1-3-9(11)13(16)20/h1-7,18H,(H2,16,20)(H,17,19). The Morgan fingerprint density at radius 3 is 2.55 bits per heavy atom. The second-order valence-electron chi connectivity index (χ2n) is 4.03. The zero-order chi connectivity index (χ0) is 14.7. The molecule has 2 aromatic rings. The highest BCUT2D eigenvalue weighted by Crippen LogP contribution is 2.24. The smallest absolute Gasteiger partial charge is 0.259 e. The molecule has 4 nitrogen and oxygen atoms in total. The number of benzene rings is 2. The van der Waals surface area contributed by atoms with Crippen LogP contribution in [-0.2, 0) is 0 Å². The number of phenols is 1. The Morgan fingerprint density at radius 1 is 1.20 bits per heavy atom. The van der Waals surface area contributed by atoms with E-state index < -0.39 is 5.91 Å². The molecule has 4 N–H and O–H groups in total. The van der Waals surface area contributed by atoms with Crippen molar-refractivity contribution >= 4 is 44.7 Å². The summed E-state index contributed by atoms with van der Waals surface area (Å²) in [6.07, 6.45) is 0. The molecule has 0 aromatic heterocycles. The van der Waals surface area contributed by atoms with Gasteiger partial charge in [-0.25, -0.2) is 0 Å². The number of amides is 1. The fraction of sp³-hybridized carbons (Fsp3) is 0. The lowest BCUT2D eigenvalue weighted by atomic mass is 10.1. The van der Waals surface area contributed by atoms with E-state index in [-0.39, 0.29) is 16.3 Å². The predicted molar refractivity (Wildman–Crippen MR) is 86.1 cm³/mol. The molecule has 0 unspecified atom stereocenters.